The molecule has 1 fully saturated rings. The highest BCUT2D eigenvalue weighted by Gasteiger charge is 2.17. The molecule has 2 atom stereocenters. The average molecular weight is 393 g/mol. The number of amides is 1. The molecule has 2 aromatic carbocycles. The molecule has 0 unspecified atom stereocenters. The average Bonchev–Trinajstić information content (AvgIpc) is 2.74. The molecule has 154 valence electrons. The predicted octanol–water partition coefficient (Wildman–Crippen LogP) is 5.15. The van der Waals surface area contributed by atoms with Gasteiger partial charge in [-0.3, -0.25) is 4.79 Å². The van der Waals surface area contributed by atoms with Gasteiger partial charge in [0.25, 0.3) is 5.91 Å². The van der Waals surface area contributed by atoms with E-state index in [1.807, 2.05) is 25.1 Å². The third-order valence-corrected chi connectivity index (χ3v) is 5.67. The summed E-state index contributed by atoms with van der Waals surface area (Å²) in [7, 11) is 1.64. The highest BCUT2D eigenvalue weighted by Crippen LogP contribution is 2.25. The second kappa shape index (κ2) is 9.64. The van der Waals surface area contributed by atoms with E-state index in [4.69, 9.17) is 4.74 Å². The number of hydrogen-bond acceptors (Lipinski definition) is 3. The van der Waals surface area contributed by atoms with Crippen molar-refractivity contribution in [2.24, 2.45) is 5.92 Å². The van der Waals surface area contributed by atoms with E-state index < -0.39 is 0 Å². The van der Waals surface area contributed by atoms with Crippen LogP contribution in [0.25, 0.3) is 0 Å². The molecule has 4 nitrogen and oxygen atoms in total. The van der Waals surface area contributed by atoms with Crippen LogP contribution in [-0.2, 0) is 6.42 Å². The number of methoxy groups -OCH3 is 1. The number of carbonyl (C=O) groups is 1. The number of rotatable bonds is 7. The maximum atomic E-state index is 12.7. The van der Waals surface area contributed by atoms with Gasteiger partial charge in [0.1, 0.15) is 5.75 Å². The van der Waals surface area contributed by atoms with Crippen LogP contribution in [0.5, 0.6) is 5.75 Å². The van der Waals surface area contributed by atoms with Gasteiger partial charge in [-0.2, -0.15) is 0 Å². The van der Waals surface area contributed by atoms with Gasteiger partial charge in [0.15, 0.2) is 0 Å². The van der Waals surface area contributed by atoms with Crippen LogP contribution in [0.4, 0.5) is 5.69 Å². The molecule has 0 bridgehead atoms. The van der Waals surface area contributed by atoms with Crippen molar-refractivity contribution in [1.82, 2.24) is 5.32 Å². The first kappa shape index (κ1) is 21.0. The van der Waals surface area contributed by atoms with Crippen LogP contribution in [0.3, 0.4) is 0 Å². The zero-order valence-electron chi connectivity index (χ0n) is 17.8. The molecule has 0 aliphatic carbocycles. The van der Waals surface area contributed by atoms with Crippen LogP contribution in [0.15, 0.2) is 55.1 Å². The Morgan fingerprint density at radius 1 is 1.31 bits per heavy atom. The molecule has 0 spiro atoms. The Morgan fingerprint density at radius 3 is 2.72 bits per heavy atom. The number of hydrogen-bond donors (Lipinski definition) is 1. The lowest BCUT2D eigenvalue weighted by atomic mass is 9.99. The summed E-state index contributed by atoms with van der Waals surface area (Å²) in [5, 5.41) is 3.11. The highest BCUT2D eigenvalue weighted by molar-refractivity contribution is 5.94. The van der Waals surface area contributed by atoms with Crippen LogP contribution < -0.4 is 15.0 Å². The number of carbonyl (C=O) groups excluding carboxylic acids is 1. The summed E-state index contributed by atoms with van der Waals surface area (Å²) >= 11 is 0. The van der Waals surface area contributed by atoms with Gasteiger partial charge < -0.3 is 15.0 Å². The van der Waals surface area contributed by atoms with E-state index in [9.17, 15) is 4.79 Å². The fourth-order valence-electron chi connectivity index (χ4n) is 4.00. The fraction of sp³-hybridized carbons (Fsp3) is 0.400. The molecular weight excluding hydrogens is 360 g/mol. The molecule has 1 saturated heterocycles. The van der Waals surface area contributed by atoms with Crippen molar-refractivity contribution in [1.29, 1.82) is 0 Å². The van der Waals surface area contributed by atoms with E-state index in [1.165, 1.54) is 18.5 Å². The van der Waals surface area contributed by atoms with E-state index in [2.05, 4.69) is 48.0 Å². The lowest BCUT2D eigenvalue weighted by molar-refractivity contribution is 0.0939. The van der Waals surface area contributed by atoms with Crippen molar-refractivity contribution in [3.05, 3.63) is 71.8 Å². The molecule has 1 amide bonds. The van der Waals surface area contributed by atoms with Crippen molar-refractivity contribution in [3.63, 3.8) is 0 Å². The maximum absolute atomic E-state index is 12.7. The van der Waals surface area contributed by atoms with Crippen LogP contribution >= 0.6 is 0 Å². The summed E-state index contributed by atoms with van der Waals surface area (Å²) in [6, 6.07) is 14.0. The quantitative estimate of drug-likeness (QED) is 0.663. The molecule has 1 aliphatic heterocycles. The van der Waals surface area contributed by atoms with E-state index in [0.717, 1.165) is 35.9 Å². The molecule has 0 radical (unpaired) electrons. The van der Waals surface area contributed by atoms with E-state index in [1.54, 1.807) is 13.2 Å². The molecule has 4 heteroatoms. The number of anilines is 1. The van der Waals surface area contributed by atoms with Crippen molar-refractivity contribution in [2.75, 3.05) is 25.1 Å². The van der Waals surface area contributed by atoms with Crippen LogP contribution in [0.1, 0.15) is 54.2 Å². The smallest absolute Gasteiger partial charge is 0.251 e. The van der Waals surface area contributed by atoms with Crippen LogP contribution in [-0.4, -0.2) is 26.1 Å². The monoisotopic (exact) mass is 392 g/mol. The lowest BCUT2D eigenvalue weighted by Crippen LogP contribution is -2.34. The Labute approximate surface area is 174 Å². The van der Waals surface area contributed by atoms with Gasteiger partial charge in [-0.1, -0.05) is 25.1 Å². The molecular formula is C25H32N2O2. The Hall–Kier alpha value is -2.75. The second-order valence-corrected chi connectivity index (χ2v) is 8.00. The molecule has 0 saturated carbocycles. The number of piperidine rings is 1. The largest absolute Gasteiger partial charge is 0.496 e. The number of allylic oxidation sites excluding steroid dienone is 1. The first-order valence-electron chi connectivity index (χ1n) is 10.5. The highest BCUT2D eigenvalue weighted by atomic mass is 16.5. The number of ether oxygens (including phenoxy) is 1. The number of benzene rings is 2. The van der Waals surface area contributed by atoms with Gasteiger partial charge in [-0.25, -0.2) is 0 Å². The van der Waals surface area contributed by atoms with E-state index in [0.29, 0.717) is 12.0 Å². The molecule has 1 aliphatic rings. The molecule has 29 heavy (non-hydrogen) atoms. The molecule has 1 N–H and O–H groups in total. The van der Waals surface area contributed by atoms with E-state index >= 15 is 0 Å². The predicted molar refractivity (Wildman–Crippen MR) is 120 cm³/mol. The summed E-state index contributed by atoms with van der Waals surface area (Å²) in [4.78, 5) is 15.2. The van der Waals surface area contributed by atoms with Crippen LogP contribution in [0, 0.1) is 5.92 Å². The topological polar surface area (TPSA) is 41.6 Å². The summed E-state index contributed by atoms with van der Waals surface area (Å²) in [6.07, 6.45) is 5.05. The van der Waals surface area contributed by atoms with Crippen molar-refractivity contribution in [3.8, 4) is 5.75 Å². The van der Waals surface area contributed by atoms with Crippen molar-refractivity contribution >= 4 is 11.6 Å². The maximum Gasteiger partial charge on any atom is 0.251 e. The van der Waals surface area contributed by atoms with Crippen LogP contribution in [0.2, 0.25) is 0 Å². The Kier molecular flexibility index (Phi) is 6.97. The zero-order chi connectivity index (χ0) is 20.8. The Bertz CT molecular complexity index is 844. The summed E-state index contributed by atoms with van der Waals surface area (Å²) in [5.41, 5.74) is 3.96. The van der Waals surface area contributed by atoms with Gasteiger partial charge >= 0.3 is 0 Å². The standard InChI is InChI=1S/C25H32N2O2/c1-5-7-21-16-22(11-14-24(21)29-4)25(28)26-19(3)20-9-12-23(13-10-20)27-15-6-8-18(2)17-27/h5,9-14,16,18-19H,1,6-8,15,17H2,2-4H3,(H,26,28)/t18-,19+/m0/s1. The second-order valence-electron chi connectivity index (χ2n) is 8.00. The fourth-order valence-corrected chi connectivity index (χ4v) is 4.00. The molecule has 2 aromatic rings. The SMILES string of the molecule is C=CCc1cc(C(=O)N[C@H](C)c2ccc(N3CCC[C@H](C)C3)cc2)ccc1OC. The molecule has 0 aromatic heterocycles. The first-order valence-corrected chi connectivity index (χ1v) is 10.5. The Balaban J connectivity index is 1.66. The van der Waals surface area contributed by atoms with Gasteiger partial charge in [0, 0.05) is 24.3 Å². The molecule has 3 rings (SSSR count). The van der Waals surface area contributed by atoms with Gasteiger partial charge in [-0.05, 0) is 73.6 Å². The number of nitrogens with zero attached hydrogens (tertiary/aromatic N) is 1. The zero-order valence-corrected chi connectivity index (χ0v) is 17.8. The summed E-state index contributed by atoms with van der Waals surface area (Å²) < 4.78 is 5.37. The van der Waals surface area contributed by atoms with E-state index in [-0.39, 0.29) is 11.9 Å². The first-order chi connectivity index (χ1) is 14.0. The number of nitrogens with one attached hydrogen (secondary N) is 1. The minimum Gasteiger partial charge on any atom is -0.496 e. The third kappa shape index (κ3) is 5.20. The van der Waals surface area contributed by atoms with Gasteiger partial charge in [-0.15, -0.1) is 6.58 Å². The molecule has 1 heterocycles. The minimum atomic E-state index is -0.0839. The van der Waals surface area contributed by atoms with Crippen molar-refractivity contribution < 1.29 is 9.53 Å². The Morgan fingerprint density at radius 2 is 2.07 bits per heavy atom. The lowest BCUT2D eigenvalue weighted by Gasteiger charge is -2.33. The summed E-state index contributed by atoms with van der Waals surface area (Å²) in [6.45, 7) is 10.4. The van der Waals surface area contributed by atoms with Gasteiger partial charge in [0.05, 0.1) is 13.2 Å². The third-order valence-electron chi connectivity index (χ3n) is 5.67. The van der Waals surface area contributed by atoms with Crippen molar-refractivity contribution in [2.45, 2.75) is 39.2 Å². The normalized spacial score (nSPS) is 17.5. The summed E-state index contributed by atoms with van der Waals surface area (Å²) in [5.74, 6) is 1.44. The minimum absolute atomic E-state index is 0.0678. The van der Waals surface area contributed by atoms with Gasteiger partial charge in [0.2, 0.25) is 0 Å².